The zero-order valence-corrected chi connectivity index (χ0v) is 13.1. The number of nitrogens with one attached hydrogen (secondary N) is 2. The van der Waals surface area contributed by atoms with Crippen molar-refractivity contribution in [2.75, 3.05) is 36.7 Å². The van der Waals surface area contributed by atoms with E-state index >= 15 is 0 Å². The van der Waals surface area contributed by atoms with E-state index in [1.807, 2.05) is 43.3 Å². The van der Waals surface area contributed by atoms with Crippen LogP contribution in [0.5, 0.6) is 0 Å². The Morgan fingerprint density at radius 3 is 2.52 bits per heavy atom. The van der Waals surface area contributed by atoms with Gasteiger partial charge in [-0.25, -0.2) is 9.48 Å². The number of amides is 2. The summed E-state index contributed by atoms with van der Waals surface area (Å²) in [4.78, 5) is 25.0. The van der Waals surface area contributed by atoms with Gasteiger partial charge in [-0.1, -0.05) is 5.21 Å². The first-order valence-corrected chi connectivity index (χ1v) is 6.80. The van der Waals surface area contributed by atoms with Crippen LogP contribution < -0.4 is 15.5 Å². The van der Waals surface area contributed by atoms with Gasteiger partial charge in [-0.3, -0.25) is 10.1 Å². The predicted octanol–water partition coefficient (Wildman–Crippen LogP) is 1.16. The standard InChI is InChI=1S/C14H18N6O3/c1-19(2)11-6-4-10(5-7-11)15-13(21)9-20-8-12(17-18-20)16-14(22)23-3/h4-8H,9H2,1-3H3,(H,15,21)(H,16,22). The quantitative estimate of drug-likeness (QED) is 0.858. The Labute approximate surface area is 133 Å². The molecule has 0 unspecified atom stereocenters. The van der Waals surface area contributed by atoms with Gasteiger partial charge in [-0.15, -0.1) is 5.10 Å². The van der Waals surface area contributed by atoms with Crippen molar-refractivity contribution in [3.8, 4) is 0 Å². The van der Waals surface area contributed by atoms with E-state index in [0.717, 1.165) is 5.69 Å². The summed E-state index contributed by atoms with van der Waals surface area (Å²) in [6.45, 7) is -0.0225. The molecule has 2 N–H and O–H groups in total. The van der Waals surface area contributed by atoms with Gasteiger partial charge in [0.15, 0.2) is 5.82 Å². The number of hydrogen-bond donors (Lipinski definition) is 2. The lowest BCUT2D eigenvalue weighted by molar-refractivity contribution is -0.116. The largest absolute Gasteiger partial charge is 0.453 e. The molecule has 122 valence electrons. The molecule has 0 spiro atoms. The van der Waals surface area contributed by atoms with E-state index in [9.17, 15) is 9.59 Å². The highest BCUT2D eigenvalue weighted by atomic mass is 16.5. The summed E-state index contributed by atoms with van der Waals surface area (Å²) in [6, 6.07) is 7.45. The molecule has 2 aromatic rings. The van der Waals surface area contributed by atoms with Crippen molar-refractivity contribution >= 4 is 29.2 Å². The lowest BCUT2D eigenvalue weighted by Gasteiger charge is -2.13. The SMILES string of the molecule is COC(=O)Nc1cn(CC(=O)Nc2ccc(N(C)C)cc2)nn1. The van der Waals surface area contributed by atoms with Gasteiger partial charge in [0.05, 0.1) is 13.3 Å². The second kappa shape index (κ2) is 7.25. The minimum atomic E-state index is -0.650. The Morgan fingerprint density at radius 2 is 1.91 bits per heavy atom. The minimum absolute atomic E-state index is 0.0225. The highest BCUT2D eigenvalue weighted by molar-refractivity contribution is 5.90. The molecule has 0 radical (unpaired) electrons. The fraction of sp³-hybridized carbons (Fsp3) is 0.286. The van der Waals surface area contributed by atoms with Crippen molar-refractivity contribution in [1.82, 2.24) is 15.0 Å². The van der Waals surface area contributed by atoms with E-state index in [4.69, 9.17) is 0 Å². The van der Waals surface area contributed by atoms with Gasteiger partial charge in [-0.2, -0.15) is 0 Å². The number of rotatable bonds is 5. The summed E-state index contributed by atoms with van der Waals surface area (Å²) in [5.41, 5.74) is 1.73. The maximum atomic E-state index is 12.0. The molecule has 2 rings (SSSR count). The Bertz CT molecular complexity index is 680. The van der Waals surface area contributed by atoms with Crippen LogP contribution in [0, 0.1) is 0 Å². The summed E-state index contributed by atoms with van der Waals surface area (Å²) in [5, 5.41) is 12.6. The van der Waals surface area contributed by atoms with Gasteiger partial charge in [0.2, 0.25) is 5.91 Å². The molecule has 2 amide bonds. The predicted molar refractivity (Wildman–Crippen MR) is 85.4 cm³/mol. The van der Waals surface area contributed by atoms with Gasteiger partial charge < -0.3 is 15.0 Å². The number of anilines is 3. The summed E-state index contributed by atoms with van der Waals surface area (Å²) >= 11 is 0. The van der Waals surface area contributed by atoms with Crippen molar-refractivity contribution in [3.63, 3.8) is 0 Å². The second-order valence-electron chi connectivity index (χ2n) is 4.91. The van der Waals surface area contributed by atoms with Crippen LogP contribution in [-0.2, 0) is 16.1 Å². The van der Waals surface area contributed by atoms with Crippen molar-refractivity contribution in [3.05, 3.63) is 30.5 Å². The Kier molecular flexibility index (Phi) is 5.13. The van der Waals surface area contributed by atoms with E-state index in [2.05, 4.69) is 25.7 Å². The van der Waals surface area contributed by atoms with Crippen LogP contribution in [0.2, 0.25) is 0 Å². The van der Waals surface area contributed by atoms with Crippen LogP contribution in [-0.4, -0.2) is 48.2 Å². The van der Waals surface area contributed by atoms with Crippen molar-refractivity contribution in [1.29, 1.82) is 0 Å². The monoisotopic (exact) mass is 318 g/mol. The first kappa shape index (κ1) is 16.3. The lowest BCUT2D eigenvalue weighted by Crippen LogP contribution is -2.19. The average Bonchev–Trinajstić information content (AvgIpc) is 2.94. The molecule has 9 heteroatoms. The summed E-state index contributed by atoms with van der Waals surface area (Å²) < 4.78 is 5.75. The minimum Gasteiger partial charge on any atom is -0.453 e. The number of carbonyl (C=O) groups is 2. The molecule has 0 bridgehead atoms. The first-order chi connectivity index (χ1) is 11.0. The number of aromatic nitrogens is 3. The molecular weight excluding hydrogens is 300 g/mol. The zero-order valence-electron chi connectivity index (χ0n) is 13.1. The normalized spacial score (nSPS) is 10.0. The molecule has 9 nitrogen and oxygen atoms in total. The third kappa shape index (κ3) is 4.70. The smallest absolute Gasteiger partial charge is 0.412 e. The fourth-order valence-corrected chi connectivity index (χ4v) is 1.78. The van der Waals surface area contributed by atoms with Crippen LogP contribution >= 0.6 is 0 Å². The summed E-state index contributed by atoms with van der Waals surface area (Å²) in [5.74, 6) is -0.0443. The Hall–Kier alpha value is -3.10. The number of ether oxygens (including phenoxy) is 1. The molecule has 0 fully saturated rings. The van der Waals surface area contributed by atoms with Crippen LogP contribution in [0.25, 0.3) is 0 Å². The zero-order chi connectivity index (χ0) is 16.8. The molecule has 0 saturated carbocycles. The molecule has 0 saturated heterocycles. The number of hydrogen-bond acceptors (Lipinski definition) is 6. The molecular formula is C14H18N6O3. The van der Waals surface area contributed by atoms with Crippen molar-refractivity contribution in [2.45, 2.75) is 6.54 Å². The van der Waals surface area contributed by atoms with Gasteiger partial charge in [0.25, 0.3) is 0 Å². The maximum absolute atomic E-state index is 12.0. The number of methoxy groups -OCH3 is 1. The number of nitrogens with zero attached hydrogens (tertiary/aromatic N) is 4. The molecule has 0 aliphatic rings. The molecule has 0 aliphatic heterocycles. The highest BCUT2D eigenvalue weighted by Crippen LogP contribution is 2.15. The van der Waals surface area contributed by atoms with E-state index < -0.39 is 6.09 Å². The summed E-state index contributed by atoms with van der Waals surface area (Å²) in [7, 11) is 5.13. The molecule has 1 aromatic carbocycles. The lowest BCUT2D eigenvalue weighted by atomic mass is 10.2. The van der Waals surface area contributed by atoms with Crippen LogP contribution in [0.15, 0.2) is 30.5 Å². The third-order valence-corrected chi connectivity index (χ3v) is 2.93. The highest BCUT2D eigenvalue weighted by Gasteiger charge is 2.09. The van der Waals surface area contributed by atoms with Gasteiger partial charge >= 0.3 is 6.09 Å². The molecule has 23 heavy (non-hydrogen) atoms. The van der Waals surface area contributed by atoms with Crippen LogP contribution in [0.4, 0.5) is 22.0 Å². The van der Waals surface area contributed by atoms with E-state index in [0.29, 0.717) is 5.69 Å². The van der Waals surface area contributed by atoms with Crippen LogP contribution in [0.1, 0.15) is 0 Å². The van der Waals surface area contributed by atoms with E-state index in [1.54, 1.807) is 0 Å². The molecule has 0 atom stereocenters. The van der Waals surface area contributed by atoms with Gasteiger partial charge in [-0.05, 0) is 24.3 Å². The Balaban J connectivity index is 1.90. The topological polar surface area (TPSA) is 101 Å². The van der Waals surface area contributed by atoms with Gasteiger partial charge in [0.1, 0.15) is 6.54 Å². The third-order valence-electron chi connectivity index (χ3n) is 2.93. The number of carbonyl (C=O) groups excluding carboxylic acids is 2. The first-order valence-electron chi connectivity index (χ1n) is 6.80. The van der Waals surface area contributed by atoms with E-state index in [-0.39, 0.29) is 18.3 Å². The van der Waals surface area contributed by atoms with Crippen LogP contribution in [0.3, 0.4) is 0 Å². The van der Waals surface area contributed by atoms with E-state index in [1.165, 1.54) is 18.0 Å². The summed E-state index contributed by atoms with van der Waals surface area (Å²) in [6.07, 6.45) is 0.786. The molecule has 0 aliphatic carbocycles. The average molecular weight is 318 g/mol. The maximum Gasteiger partial charge on any atom is 0.412 e. The van der Waals surface area contributed by atoms with Crippen molar-refractivity contribution in [2.24, 2.45) is 0 Å². The number of benzene rings is 1. The van der Waals surface area contributed by atoms with Gasteiger partial charge in [0, 0.05) is 25.5 Å². The molecule has 1 aromatic heterocycles. The second-order valence-corrected chi connectivity index (χ2v) is 4.91. The van der Waals surface area contributed by atoms with Crippen molar-refractivity contribution < 1.29 is 14.3 Å². The Morgan fingerprint density at radius 1 is 1.22 bits per heavy atom. The fourth-order valence-electron chi connectivity index (χ4n) is 1.78. The molecule has 1 heterocycles.